The second kappa shape index (κ2) is 15.7. The second-order valence-corrected chi connectivity index (χ2v) is 12.7. The van der Waals surface area contributed by atoms with Gasteiger partial charge in [0.05, 0.1) is 38.9 Å². The number of amides is 1. The first-order valence-electron chi connectivity index (χ1n) is 14.4. The van der Waals surface area contributed by atoms with Crippen molar-refractivity contribution in [3.8, 4) is 11.1 Å². The van der Waals surface area contributed by atoms with Gasteiger partial charge in [0.1, 0.15) is 18.2 Å². The molecule has 0 fully saturated rings. The number of benzene rings is 2. The number of hydrogen-bond acceptors (Lipinski definition) is 10. The van der Waals surface area contributed by atoms with Gasteiger partial charge in [0, 0.05) is 17.4 Å². The van der Waals surface area contributed by atoms with Gasteiger partial charge in [-0.1, -0.05) is 48.5 Å². The standard InChI is InChI=1S/C33H41NO9S/c1-20(31(38)40-5)34-30(37)21(18-44-19-22(32(39)41-6)16-29(36)43-33(2,3)4)15-28(35)42-17-27-25-13-9-7-11-23(25)24-12-8-10-14-26(24)27/h7-14,20-22,27H,15-19H2,1-6H3,(H,34,37)/t20-,21-,22+/m1/s1. The maximum atomic E-state index is 13.2. The Morgan fingerprint density at radius 1 is 0.795 bits per heavy atom. The van der Waals surface area contributed by atoms with Gasteiger partial charge in [-0.25, -0.2) is 4.79 Å². The van der Waals surface area contributed by atoms with E-state index in [2.05, 4.69) is 5.32 Å². The van der Waals surface area contributed by atoms with Gasteiger partial charge < -0.3 is 24.3 Å². The van der Waals surface area contributed by atoms with Crippen molar-refractivity contribution in [2.75, 3.05) is 32.3 Å². The van der Waals surface area contributed by atoms with Crippen molar-refractivity contribution >= 4 is 41.5 Å². The molecule has 0 aromatic heterocycles. The van der Waals surface area contributed by atoms with Crippen LogP contribution < -0.4 is 5.32 Å². The lowest BCUT2D eigenvalue weighted by Crippen LogP contribution is -2.43. The van der Waals surface area contributed by atoms with Crippen molar-refractivity contribution in [3.05, 3.63) is 59.7 Å². The molecule has 0 heterocycles. The minimum absolute atomic E-state index is 0.104. The van der Waals surface area contributed by atoms with Crippen molar-refractivity contribution in [2.24, 2.45) is 11.8 Å². The summed E-state index contributed by atoms with van der Waals surface area (Å²) in [6.45, 7) is 6.78. The molecule has 0 bridgehead atoms. The fraction of sp³-hybridized carbons (Fsp3) is 0.485. The van der Waals surface area contributed by atoms with Crippen LogP contribution in [-0.4, -0.2) is 73.8 Å². The lowest BCUT2D eigenvalue weighted by atomic mass is 9.98. The predicted octanol–water partition coefficient (Wildman–Crippen LogP) is 4.28. The average molecular weight is 628 g/mol. The lowest BCUT2D eigenvalue weighted by Gasteiger charge is -2.22. The van der Waals surface area contributed by atoms with E-state index in [1.165, 1.54) is 32.9 Å². The summed E-state index contributed by atoms with van der Waals surface area (Å²) < 4.78 is 20.6. The van der Waals surface area contributed by atoms with Gasteiger partial charge in [0.25, 0.3) is 0 Å². The second-order valence-electron chi connectivity index (χ2n) is 11.6. The molecule has 0 saturated heterocycles. The summed E-state index contributed by atoms with van der Waals surface area (Å²) in [6.07, 6.45) is -0.447. The highest BCUT2D eigenvalue weighted by atomic mass is 32.2. The molecule has 3 rings (SSSR count). The number of rotatable bonds is 14. The molecule has 3 atom stereocenters. The Kier molecular flexibility index (Phi) is 12.4. The Bertz CT molecular complexity index is 1310. The first kappa shape index (κ1) is 34.6. The predicted molar refractivity (Wildman–Crippen MR) is 166 cm³/mol. The van der Waals surface area contributed by atoms with Crippen LogP contribution in [-0.2, 0) is 42.9 Å². The third-order valence-electron chi connectivity index (χ3n) is 7.08. The molecule has 11 heteroatoms. The van der Waals surface area contributed by atoms with Gasteiger partial charge in [0.15, 0.2) is 0 Å². The van der Waals surface area contributed by atoms with Gasteiger partial charge in [-0.05, 0) is 49.9 Å². The van der Waals surface area contributed by atoms with E-state index >= 15 is 0 Å². The molecule has 0 saturated carbocycles. The minimum Gasteiger partial charge on any atom is -0.469 e. The number of hydrogen-bond donors (Lipinski definition) is 1. The van der Waals surface area contributed by atoms with Gasteiger partial charge in [-0.15, -0.1) is 0 Å². The summed E-state index contributed by atoms with van der Waals surface area (Å²) in [7, 11) is 2.45. The number of thioether (sulfide) groups is 1. The summed E-state index contributed by atoms with van der Waals surface area (Å²) >= 11 is 1.22. The molecule has 0 aliphatic heterocycles. The molecule has 0 radical (unpaired) electrons. The summed E-state index contributed by atoms with van der Waals surface area (Å²) in [6, 6.07) is 15.0. The van der Waals surface area contributed by atoms with Crippen molar-refractivity contribution < 1.29 is 42.9 Å². The van der Waals surface area contributed by atoms with E-state index in [1.807, 2.05) is 48.5 Å². The molecule has 1 N–H and O–H groups in total. The fourth-order valence-electron chi connectivity index (χ4n) is 4.98. The molecule has 0 spiro atoms. The normalized spacial score (nSPS) is 14.3. The number of esters is 4. The van der Waals surface area contributed by atoms with Gasteiger partial charge >= 0.3 is 23.9 Å². The zero-order chi connectivity index (χ0) is 32.4. The van der Waals surface area contributed by atoms with Gasteiger partial charge in [-0.3, -0.25) is 19.2 Å². The SMILES string of the molecule is COC(=O)[C@H](CSC[C@@H](CC(=O)OCC1c2ccccc2-c2ccccc21)C(=O)N[C@H](C)C(=O)OC)CC(=O)OC(C)(C)C. The molecule has 44 heavy (non-hydrogen) atoms. The summed E-state index contributed by atoms with van der Waals surface area (Å²) in [5.41, 5.74) is 3.62. The number of nitrogens with one attached hydrogen (secondary N) is 1. The van der Waals surface area contributed by atoms with E-state index in [0.717, 1.165) is 22.3 Å². The highest BCUT2D eigenvalue weighted by Crippen LogP contribution is 2.44. The maximum Gasteiger partial charge on any atom is 0.328 e. The molecular formula is C33H41NO9S. The Balaban J connectivity index is 1.67. The zero-order valence-corrected chi connectivity index (χ0v) is 26.9. The quantitative estimate of drug-likeness (QED) is 0.239. The van der Waals surface area contributed by atoms with Crippen LogP contribution in [0.15, 0.2) is 48.5 Å². The van der Waals surface area contributed by atoms with Crippen molar-refractivity contribution in [3.63, 3.8) is 0 Å². The van der Waals surface area contributed by atoms with Crippen LogP contribution in [0.25, 0.3) is 11.1 Å². The molecule has 238 valence electrons. The van der Waals surface area contributed by atoms with Crippen LogP contribution in [0.1, 0.15) is 57.6 Å². The Morgan fingerprint density at radius 3 is 1.86 bits per heavy atom. The number of carbonyl (C=O) groups is 5. The van der Waals surface area contributed by atoms with Gasteiger partial charge in [0.2, 0.25) is 5.91 Å². The van der Waals surface area contributed by atoms with E-state index in [-0.39, 0.29) is 36.9 Å². The topological polar surface area (TPSA) is 134 Å². The fourth-order valence-corrected chi connectivity index (χ4v) is 6.21. The van der Waals surface area contributed by atoms with Crippen LogP contribution >= 0.6 is 11.8 Å². The average Bonchev–Trinajstić information content (AvgIpc) is 3.30. The number of carbonyl (C=O) groups excluding carboxylic acids is 5. The van der Waals surface area contributed by atoms with Crippen molar-refractivity contribution in [1.82, 2.24) is 5.32 Å². The summed E-state index contributed by atoms with van der Waals surface area (Å²) in [5, 5.41) is 2.59. The monoisotopic (exact) mass is 627 g/mol. The van der Waals surface area contributed by atoms with Crippen LogP contribution in [0.5, 0.6) is 0 Å². The summed E-state index contributed by atoms with van der Waals surface area (Å²) in [5.74, 6) is -4.45. The molecule has 1 amide bonds. The number of methoxy groups -OCH3 is 2. The molecule has 1 aliphatic carbocycles. The Morgan fingerprint density at radius 2 is 1.32 bits per heavy atom. The van der Waals surface area contributed by atoms with E-state index in [0.29, 0.717) is 0 Å². The first-order chi connectivity index (χ1) is 20.8. The van der Waals surface area contributed by atoms with Crippen molar-refractivity contribution in [1.29, 1.82) is 0 Å². The third kappa shape index (κ3) is 9.57. The molecule has 1 aliphatic rings. The molecular weight excluding hydrogens is 586 g/mol. The first-order valence-corrected chi connectivity index (χ1v) is 15.6. The van der Waals surface area contributed by atoms with E-state index in [1.54, 1.807) is 20.8 Å². The zero-order valence-electron chi connectivity index (χ0n) is 26.0. The number of fused-ring (bicyclic) bond motifs is 3. The van der Waals surface area contributed by atoms with Crippen LogP contribution in [0, 0.1) is 11.8 Å². The van der Waals surface area contributed by atoms with Gasteiger partial charge in [-0.2, -0.15) is 11.8 Å². The summed E-state index contributed by atoms with van der Waals surface area (Å²) in [4.78, 5) is 63.0. The molecule has 0 unspecified atom stereocenters. The molecule has 10 nitrogen and oxygen atoms in total. The van der Waals surface area contributed by atoms with E-state index < -0.39 is 53.3 Å². The maximum absolute atomic E-state index is 13.2. The molecule has 2 aromatic carbocycles. The van der Waals surface area contributed by atoms with Crippen LogP contribution in [0.3, 0.4) is 0 Å². The highest BCUT2D eigenvalue weighted by Gasteiger charge is 2.32. The largest absolute Gasteiger partial charge is 0.469 e. The lowest BCUT2D eigenvalue weighted by molar-refractivity contribution is -0.160. The number of ether oxygens (including phenoxy) is 4. The van der Waals surface area contributed by atoms with Crippen molar-refractivity contribution in [2.45, 2.75) is 58.1 Å². The van der Waals surface area contributed by atoms with Crippen LogP contribution in [0.4, 0.5) is 0 Å². The molecule has 2 aromatic rings. The Labute approximate surface area is 262 Å². The van der Waals surface area contributed by atoms with E-state index in [9.17, 15) is 24.0 Å². The third-order valence-corrected chi connectivity index (χ3v) is 8.35. The Hall–Kier alpha value is -3.86. The van der Waals surface area contributed by atoms with Crippen LogP contribution in [0.2, 0.25) is 0 Å². The minimum atomic E-state index is -0.933. The highest BCUT2D eigenvalue weighted by molar-refractivity contribution is 7.99. The smallest absolute Gasteiger partial charge is 0.328 e. The van der Waals surface area contributed by atoms with E-state index in [4.69, 9.17) is 18.9 Å².